The van der Waals surface area contributed by atoms with Gasteiger partial charge in [0.15, 0.2) is 0 Å². The van der Waals surface area contributed by atoms with Gasteiger partial charge in [-0.05, 0) is 55.7 Å². The number of nitrogens with one attached hydrogen (secondary N) is 1. The summed E-state index contributed by atoms with van der Waals surface area (Å²) in [5.74, 6) is -0.696. The largest absolute Gasteiger partial charge is 0.348 e. The van der Waals surface area contributed by atoms with Crippen LogP contribution in [0.25, 0.3) is 0 Å². The van der Waals surface area contributed by atoms with E-state index in [9.17, 15) is 13.2 Å². The van der Waals surface area contributed by atoms with Gasteiger partial charge in [-0.2, -0.15) is 9.57 Å². The Morgan fingerprint density at radius 1 is 1.22 bits per heavy atom. The lowest BCUT2D eigenvalue weighted by Crippen LogP contribution is -2.45. The van der Waals surface area contributed by atoms with Gasteiger partial charge < -0.3 is 9.88 Å². The molecule has 11 heteroatoms. The van der Waals surface area contributed by atoms with Crippen molar-refractivity contribution in [3.63, 3.8) is 0 Å². The lowest BCUT2D eigenvalue weighted by atomic mass is 9.98. The summed E-state index contributed by atoms with van der Waals surface area (Å²) in [5, 5.41) is 12.5. The fourth-order valence-electron chi connectivity index (χ4n) is 4.31. The van der Waals surface area contributed by atoms with Gasteiger partial charge in [-0.25, -0.2) is 13.4 Å². The van der Waals surface area contributed by atoms with Gasteiger partial charge >= 0.3 is 0 Å². The van der Waals surface area contributed by atoms with Crippen LogP contribution in [0.5, 0.6) is 0 Å². The maximum atomic E-state index is 13.2. The van der Waals surface area contributed by atoms with E-state index >= 15 is 0 Å². The SMILES string of the molecule is C[C@H](NC(=O)C1CCCN(S(=O)(=O)c2cc(Cl)cc(Cl)c2)C1)c1cncn1Cc1ccc(C#N)cc1. The van der Waals surface area contributed by atoms with Crippen LogP contribution in [0.15, 0.2) is 59.9 Å². The highest BCUT2D eigenvalue weighted by atomic mass is 35.5. The number of carbonyl (C=O) groups excluding carboxylic acids is 1. The number of imidazole rings is 1. The lowest BCUT2D eigenvalue weighted by Gasteiger charge is -2.32. The van der Waals surface area contributed by atoms with E-state index in [-0.39, 0.29) is 33.4 Å². The smallest absolute Gasteiger partial charge is 0.243 e. The second kappa shape index (κ2) is 11.0. The molecule has 188 valence electrons. The van der Waals surface area contributed by atoms with Gasteiger partial charge in [0.25, 0.3) is 0 Å². The number of sulfonamides is 1. The summed E-state index contributed by atoms with van der Waals surface area (Å²) in [6.45, 7) is 2.81. The van der Waals surface area contributed by atoms with Crippen LogP contribution in [-0.2, 0) is 21.4 Å². The Morgan fingerprint density at radius 2 is 1.92 bits per heavy atom. The van der Waals surface area contributed by atoms with Gasteiger partial charge in [0.05, 0.1) is 46.7 Å². The molecule has 0 bridgehead atoms. The molecule has 2 aromatic carbocycles. The minimum absolute atomic E-state index is 0.0149. The maximum absolute atomic E-state index is 13.2. The fraction of sp³-hybridized carbons (Fsp3) is 0.320. The molecule has 8 nitrogen and oxygen atoms in total. The number of benzene rings is 2. The molecule has 1 N–H and O–H groups in total. The molecule has 1 unspecified atom stereocenters. The number of nitrogens with zero attached hydrogens (tertiary/aromatic N) is 4. The normalized spacial score (nSPS) is 17.3. The molecule has 1 saturated heterocycles. The van der Waals surface area contributed by atoms with E-state index in [1.54, 1.807) is 24.7 Å². The number of carbonyl (C=O) groups is 1. The first-order chi connectivity index (χ1) is 17.2. The van der Waals surface area contributed by atoms with Crippen molar-refractivity contribution in [1.29, 1.82) is 5.26 Å². The molecule has 2 heterocycles. The number of nitriles is 1. The minimum Gasteiger partial charge on any atom is -0.348 e. The van der Waals surface area contributed by atoms with Crippen LogP contribution in [0.1, 0.15) is 42.6 Å². The van der Waals surface area contributed by atoms with Crippen LogP contribution >= 0.6 is 23.2 Å². The summed E-state index contributed by atoms with van der Waals surface area (Å²) in [6, 6.07) is 13.3. The Kier molecular flexibility index (Phi) is 8.00. The Bertz CT molecular complexity index is 1380. The van der Waals surface area contributed by atoms with E-state index in [0.717, 1.165) is 11.3 Å². The molecule has 2 atom stereocenters. The highest BCUT2D eigenvalue weighted by Gasteiger charge is 2.34. The summed E-state index contributed by atoms with van der Waals surface area (Å²) in [4.78, 5) is 17.4. The third-order valence-electron chi connectivity index (χ3n) is 6.21. The molecule has 3 aromatic rings. The molecule has 1 fully saturated rings. The van der Waals surface area contributed by atoms with Crippen molar-refractivity contribution >= 4 is 39.1 Å². The highest BCUT2D eigenvalue weighted by Crippen LogP contribution is 2.28. The van der Waals surface area contributed by atoms with Gasteiger partial charge in [-0.3, -0.25) is 4.79 Å². The second-order valence-electron chi connectivity index (χ2n) is 8.79. The van der Waals surface area contributed by atoms with Crippen LogP contribution in [0.3, 0.4) is 0 Å². The third kappa shape index (κ3) is 5.90. The minimum atomic E-state index is -3.84. The van der Waals surface area contributed by atoms with E-state index < -0.39 is 15.9 Å². The van der Waals surface area contributed by atoms with Crippen molar-refractivity contribution in [2.24, 2.45) is 5.92 Å². The molecule has 1 aromatic heterocycles. The molecule has 36 heavy (non-hydrogen) atoms. The van der Waals surface area contributed by atoms with E-state index in [1.165, 1.54) is 22.5 Å². The van der Waals surface area contributed by atoms with Gasteiger partial charge in [0, 0.05) is 29.7 Å². The van der Waals surface area contributed by atoms with Crippen LogP contribution in [-0.4, -0.2) is 41.3 Å². The van der Waals surface area contributed by atoms with Crippen molar-refractivity contribution in [2.45, 2.75) is 37.2 Å². The number of piperidine rings is 1. The monoisotopic (exact) mass is 545 g/mol. The molecule has 0 radical (unpaired) electrons. The summed E-state index contributed by atoms with van der Waals surface area (Å²) < 4.78 is 29.6. The molecule has 4 rings (SSSR count). The number of rotatable bonds is 7. The van der Waals surface area contributed by atoms with Crippen LogP contribution in [0, 0.1) is 17.2 Å². The Morgan fingerprint density at radius 3 is 2.58 bits per heavy atom. The number of aromatic nitrogens is 2. The van der Waals surface area contributed by atoms with Crippen molar-refractivity contribution in [3.05, 3.63) is 81.9 Å². The summed E-state index contributed by atoms with van der Waals surface area (Å²) in [5.41, 5.74) is 2.41. The van der Waals surface area contributed by atoms with Gasteiger partial charge in [0.1, 0.15) is 0 Å². The summed E-state index contributed by atoms with van der Waals surface area (Å²) in [7, 11) is -3.84. The molecular weight excluding hydrogens is 521 g/mol. The van der Waals surface area contributed by atoms with Crippen LogP contribution < -0.4 is 5.32 Å². The third-order valence-corrected chi connectivity index (χ3v) is 8.49. The van der Waals surface area contributed by atoms with Gasteiger partial charge in [0.2, 0.25) is 15.9 Å². The van der Waals surface area contributed by atoms with Gasteiger partial charge in [-0.1, -0.05) is 35.3 Å². The zero-order chi connectivity index (χ0) is 25.9. The number of halogens is 2. The first-order valence-corrected chi connectivity index (χ1v) is 13.6. The van der Waals surface area contributed by atoms with E-state index in [4.69, 9.17) is 28.5 Å². The average Bonchev–Trinajstić information content (AvgIpc) is 3.32. The van der Waals surface area contributed by atoms with Crippen LogP contribution in [0.2, 0.25) is 10.0 Å². The second-order valence-corrected chi connectivity index (χ2v) is 11.6. The molecular formula is C25H25Cl2N5O3S. The fourth-order valence-corrected chi connectivity index (χ4v) is 6.56. The number of hydrogen-bond acceptors (Lipinski definition) is 5. The topological polar surface area (TPSA) is 108 Å². The van der Waals surface area contributed by atoms with Crippen LogP contribution in [0.4, 0.5) is 0 Å². The predicted molar refractivity (Wildman–Crippen MR) is 137 cm³/mol. The molecule has 1 aliphatic heterocycles. The standard InChI is InChI=1S/C25H25Cl2N5O3S/c1-17(24-13-29-16-31(24)14-19-6-4-18(12-28)5-7-19)30-25(33)20-3-2-8-32(15-20)36(34,35)23-10-21(26)9-22(27)11-23/h4-7,9-11,13,16-17,20H,2-3,8,14-15H2,1H3,(H,30,33)/t17-,20?/m0/s1. The Hall–Kier alpha value is -2.90. The first-order valence-electron chi connectivity index (χ1n) is 11.4. The number of hydrogen-bond donors (Lipinski definition) is 1. The average molecular weight is 546 g/mol. The van der Waals surface area contributed by atoms with Crippen molar-refractivity contribution in [3.8, 4) is 6.07 Å². The summed E-state index contributed by atoms with van der Waals surface area (Å²) >= 11 is 12.0. The van der Waals surface area contributed by atoms with E-state index in [1.807, 2.05) is 23.6 Å². The molecule has 0 saturated carbocycles. The highest BCUT2D eigenvalue weighted by molar-refractivity contribution is 7.89. The van der Waals surface area contributed by atoms with Crippen molar-refractivity contribution in [2.75, 3.05) is 13.1 Å². The lowest BCUT2D eigenvalue weighted by molar-refractivity contribution is -0.126. The first kappa shape index (κ1) is 26.2. The molecule has 1 aliphatic rings. The van der Waals surface area contributed by atoms with Crippen molar-refractivity contribution in [1.82, 2.24) is 19.2 Å². The predicted octanol–water partition coefficient (Wildman–Crippen LogP) is 4.39. The Balaban J connectivity index is 1.43. The molecule has 0 aliphatic carbocycles. The molecule has 1 amide bonds. The quantitative estimate of drug-likeness (QED) is 0.473. The molecule has 0 spiro atoms. The summed E-state index contributed by atoms with van der Waals surface area (Å²) in [6.07, 6.45) is 4.55. The maximum Gasteiger partial charge on any atom is 0.243 e. The zero-order valence-corrected chi connectivity index (χ0v) is 21.9. The number of amides is 1. The zero-order valence-electron chi connectivity index (χ0n) is 19.6. The Labute approximate surface area is 220 Å². The van der Waals surface area contributed by atoms with E-state index in [2.05, 4.69) is 16.4 Å². The van der Waals surface area contributed by atoms with Crippen molar-refractivity contribution < 1.29 is 13.2 Å². The van der Waals surface area contributed by atoms with E-state index in [0.29, 0.717) is 31.5 Å². The van der Waals surface area contributed by atoms with Gasteiger partial charge in [-0.15, -0.1) is 0 Å².